The highest BCUT2D eigenvalue weighted by atomic mass is 35.5. The van der Waals surface area contributed by atoms with Crippen LogP contribution in [0, 0.1) is 0 Å². The number of carbonyl (C=O) groups is 2. The van der Waals surface area contributed by atoms with E-state index in [-0.39, 0.29) is 17.1 Å². The Morgan fingerprint density at radius 2 is 1.93 bits per heavy atom. The van der Waals surface area contributed by atoms with Crippen molar-refractivity contribution in [3.63, 3.8) is 0 Å². The van der Waals surface area contributed by atoms with Crippen molar-refractivity contribution in [1.82, 2.24) is 14.8 Å². The van der Waals surface area contributed by atoms with E-state index in [1.807, 2.05) is 0 Å². The fourth-order valence-electron chi connectivity index (χ4n) is 2.65. The van der Waals surface area contributed by atoms with Crippen LogP contribution in [0.4, 0.5) is 5.69 Å². The number of amides is 1. The second-order valence-electron chi connectivity index (χ2n) is 6.06. The number of benzene rings is 1. The Balaban J connectivity index is 1.71. The summed E-state index contributed by atoms with van der Waals surface area (Å²) in [4.78, 5) is 40.6. The van der Waals surface area contributed by atoms with E-state index in [9.17, 15) is 14.4 Å². The lowest BCUT2D eigenvalue weighted by Gasteiger charge is -2.14. The smallest absolute Gasteiger partial charge is 0.312 e. The molecule has 144 valence electrons. The van der Waals surface area contributed by atoms with Gasteiger partial charge in [-0.3, -0.25) is 14.4 Å². The standard InChI is InChI=1S/C19H17ClN4O4/c1-11(18(26)22-14-8-5-9-21-17(14)20)28-16(25)10-15-12-6-3-4-7-13(12)19(27)24(2)23-15/h3-9,11H,10H2,1-2H3,(H,22,26)/t11-/m1/s1. The first-order valence-corrected chi connectivity index (χ1v) is 8.80. The molecule has 0 saturated carbocycles. The average Bonchev–Trinajstić information content (AvgIpc) is 2.67. The topological polar surface area (TPSA) is 103 Å². The number of aromatic nitrogens is 3. The molecule has 0 saturated heterocycles. The molecular formula is C19H17ClN4O4. The number of fused-ring (bicyclic) bond motifs is 1. The number of ether oxygens (including phenoxy) is 1. The molecule has 3 aromatic rings. The van der Waals surface area contributed by atoms with Crippen molar-refractivity contribution >= 4 is 39.9 Å². The number of nitrogens with one attached hydrogen (secondary N) is 1. The third kappa shape index (κ3) is 4.17. The fourth-order valence-corrected chi connectivity index (χ4v) is 2.82. The molecule has 0 unspecified atom stereocenters. The first kappa shape index (κ1) is 19.5. The van der Waals surface area contributed by atoms with E-state index >= 15 is 0 Å². The molecule has 1 atom stereocenters. The van der Waals surface area contributed by atoms with Crippen LogP contribution in [-0.4, -0.2) is 32.7 Å². The molecule has 28 heavy (non-hydrogen) atoms. The fraction of sp³-hybridized carbons (Fsp3) is 0.211. The zero-order chi connectivity index (χ0) is 20.3. The van der Waals surface area contributed by atoms with E-state index in [1.54, 1.807) is 36.4 Å². The molecule has 0 aliphatic carbocycles. The molecule has 0 spiro atoms. The number of anilines is 1. The van der Waals surface area contributed by atoms with Crippen LogP contribution in [0.1, 0.15) is 12.6 Å². The second-order valence-corrected chi connectivity index (χ2v) is 6.42. The first-order valence-electron chi connectivity index (χ1n) is 8.42. The summed E-state index contributed by atoms with van der Waals surface area (Å²) in [5, 5.41) is 7.87. The predicted octanol–water partition coefficient (Wildman–Crippen LogP) is 2.09. The van der Waals surface area contributed by atoms with Crippen LogP contribution in [0.3, 0.4) is 0 Å². The summed E-state index contributed by atoms with van der Waals surface area (Å²) < 4.78 is 6.38. The summed E-state index contributed by atoms with van der Waals surface area (Å²) in [5.41, 5.74) is 0.460. The molecule has 0 fully saturated rings. The maximum absolute atomic E-state index is 12.3. The number of esters is 1. The van der Waals surface area contributed by atoms with Gasteiger partial charge in [-0.1, -0.05) is 29.8 Å². The number of aryl methyl sites for hydroxylation is 1. The predicted molar refractivity (Wildman–Crippen MR) is 104 cm³/mol. The molecule has 3 rings (SSSR count). The van der Waals surface area contributed by atoms with Gasteiger partial charge in [0, 0.05) is 18.6 Å². The van der Waals surface area contributed by atoms with Gasteiger partial charge in [0.2, 0.25) is 0 Å². The van der Waals surface area contributed by atoms with Crippen LogP contribution < -0.4 is 10.9 Å². The quantitative estimate of drug-likeness (QED) is 0.519. The molecule has 0 aliphatic heterocycles. The number of rotatable bonds is 5. The van der Waals surface area contributed by atoms with Crippen molar-refractivity contribution in [2.45, 2.75) is 19.4 Å². The van der Waals surface area contributed by atoms with E-state index in [4.69, 9.17) is 16.3 Å². The van der Waals surface area contributed by atoms with Crippen LogP contribution in [0.15, 0.2) is 47.4 Å². The lowest BCUT2D eigenvalue weighted by Crippen LogP contribution is -2.31. The maximum Gasteiger partial charge on any atom is 0.312 e. The van der Waals surface area contributed by atoms with Gasteiger partial charge in [-0.25, -0.2) is 9.67 Å². The minimum Gasteiger partial charge on any atom is -0.452 e. The van der Waals surface area contributed by atoms with Gasteiger partial charge in [-0.05, 0) is 25.1 Å². The molecule has 1 N–H and O–H groups in total. The molecule has 9 heteroatoms. The van der Waals surface area contributed by atoms with Gasteiger partial charge >= 0.3 is 5.97 Å². The molecule has 8 nitrogen and oxygen atoms in total. The highest BCUT2D eigenvalue weighted by Crippen LogP contribution is 2.18. The van der Waals surface area contributed by atoms with Gasteiger partial charge in [-0.15, -0.1) is 0 Å². The number of hydrogen-bond acceptors (Lipinski definition) is 6. The van der Waals surface area contributed by atoms with Crippen molar-refractivity contribution in [3.8, 4) is 0 Å². The van der Waals surface area contributed by atoms with Crippen molar-refractivity contribution in [3.05, 3.63) is 63.8 Å². The van der Waals surface area contributed by atoms with E-state index in [0.717, 1.165) is 0 Å². The largest absolute Gasteiger partial charge is 0.452 e. The van der Waals surface area contributed by atoms with Gasteiger partial charge in [0.05, 0.1) is 23.2 Å². The number of nitrogens with zero attached hydrogens (tertiary/aromatic N) is 3. The Morgan fingerprint density at radius 1 is 1.21 bits per heavy atom. The minimum atomic E-state index is -1.05. The van der Waals surface area contributed by atoms with E-state index in [1.165, 1.54) is 24.9 Å². The molecule has 1 aromatic carbocycles. The van der Waals surface area contributed by atoms with Crippen molar-refractivity contribution in [1.29, 1.82) is 0 Å². The lowest BCUT2D eigenvalue weighted by atomic mass is 10.1. The Labute approximate surface area is 165 Å². The summed E-state index contributed by atoms with van der Waals surface area (Å²) in [7, 11) is 1.51. The molecule has 1 amide bonds. The minimum absolute atomic E-state index is 0.134. The van der Waals surface area contributed by atoms with E-state index in [0.29, 0.717) is 22.2 Å². The number of halogens is 1. The van der Waals surface area contributed by atoms with Crippen molar-refractivity contribution in [2.75, 3.05) is 5.32 Å². The normalized spacial score (nSPS) is 11.8. The highest BCUT2D eigenvalue weighted by Gasteiger charge is 2.20. The Kier molecular flexibility index (Phi) is 5.70. The summed E-state index contributed by atoms with van der Waals surface area (Å²) >= 11 is 5.90. The van der Waals surface area contributed by atoms with Crippen LogP contribution >= 0.6 is 11.6 Å². The Bertz CT molecular complexity index is 1110. The van der Waals surface area contributed by atoms with Crippen LogP contribution in [-0.2, 0) is 27.8 Å². The lowest BCUT2D eigenvalue weighted by molar-refractivity contribution is -0.152. The zero-order valence-electron chi connectivity index (χ0n) is 15.2. The summed E-state index contributed by atoms with van der Waals surface area (Å²) in [6.07, 6.45) is 0.258. The molecule has 2 aromatic heterocycles. The Hall–Kier alpha value is -3.26. The maximum atomic E-state index is 12.3. The Morgan fingerprint density at radius 3 is 2.64 bits per heavy atom. The van der Waals surface area contributed by atoms with E-state index in [2.05, 4.69) is 15.4 Å². The summed E-state index contributed by atoms with van der Waals surface area (Å²) in [6.45, 7) is 1.45. The highest BCUT2D eigenvalue weighted by molar-refractivity contribution is 6.32. The van der Waals surface area contributed by atoms with Crippen LogP contribution in [0.25, 0.3) is 10.8 Å². The number of carbonyl (C=O) groups excluding carboxylic acids is 2. The molecule has 0 radical (unpaired) electrons. The van der Waals surface area contributed by atoms with Gasteiger partial charge in [-0.2, -0.15) is 5.10 Å². The summed E-state index contributed by atoms with van der Waals surface area (Å²) in [6, 6.07) is 10.1. The van der Waals surface area contributed by atoms with E-state index < -0.39 is 18.0 Å². The number of hydrogen-bond donors (Lipinski definition) is 1. The van der Waals surface area contributed by atoms with Crippen molar-refractivity contribution < 1.29 is 14.3 Å². The van der Waals surface area contributed by atoms with Gasteiger partial charge in [0.15, 0.2) is 11.3 Å². The molecule has 0 aliphatic rings. The monoisotopic (exact) mass is 400 g/mol. The molecule has 2 heterocycles. The second kappa shape index (κ2) is 8.18. The van der Waals surface area contributed by atoms with Crippen LogP contribution in [0.5, 0.6) is 0 Å². The van der Waals surface area contributed by atoms with Gasteiger partial charge < -0.3 is 10.1 Å². The van der Waals surface area contributed by atoms with Crippen LogP contribution in [0.2, 0.25) is 5.15 Å². The molecular weight excluding hydrogens is 384 g/mol. The van der Waals surface area contributed by atoms with Gasteiger partial charge in [0.1, 0.15) is 0 Å². The zero-order valence-corrected chi connectivity index (χ0v) is 15.9. The van der Waals surface area contributed by atoms with Gasteiger partial charge in [0.25, 0.3) is 11.5 Å². The first-order chi connectivity index (χ1) is 13.4. The van der Waals surface area contributed by atoms with Crippen molar-refractivity contribution in [2.24, 2.45) is 7.05 Å². The summed E-state index contributed by atoms with van der Waals surface area (Å²) in [5.74, 6) is -1.18. The SMILES string of the molecule is C[C@@H](OC(=O)Cc1nn(C)c(=O)c2ccccc12)C(=O)Nc1cccnc1Cl. The third-order valence-corrected chi connectivity index (χ3v) is 4.34. The molecule has 0 bridgehead atoms. The average molecular weight is 401 g/mol. The third-order valence-electron chi connectivity index (χ3n) is 4.04. The number of pyridine rings is 1.